The molecule has 25 heavy (non-hydrogen) atoms. The Morgan fingerprint density at radius 2 is 1.76 bits per heavy atom. The molecular formula is C20H27FN2O2. The van der Waals surface area contributed by atoms with Crippen molar-refractivity contribution in [1.29, 1.82) is 0 Å². The maximum Gasteiger partial charge on any atom is 0.253 e. The fourth-order valence-corrected chi connectivity index (χ4v) is 4.66. The molecule has 0 N–H and O–H groups in total. The fourth-order valence-electron chi connectivity index (χ4n) is 4.66. The third kappa shape index (κ3) is 3.58. The molecule has 1 amide bonds. The van der Waals surface area contributed by atoms with Crippen LogP contribution in [0.5, 0.6) is 0 Å². The van der Waals surface area contributed by atoms with Crippen LogP contribution in [0.2, 0.25) is 0 Å². The van der Waals surface area contributed by atoms with E-state index in [0.29, 0.717) is 11.6 Å². The highest BCUT2D eigenvalue weighted by Gasteiger charge is 2.42. The second-order valence-electron chi connectivity index (χ2n) is 7.72. The van der Waals surface area contributed by atoms with Crippen molar-refractivity contribution in [3.05, 3.63) is 35.6 Å². The minimum atomic E-state index is -0.308. The second-order valence-corrected chi connectivity index (χ2v) is 7.72. The van der Waals surface area contributed by atoms with Crippen molar-refractivity contribution in [3.8, 4) is 0 Å². The summed E-state index contributed by atoms with van der Waals surface area (Å²) >= 11 is 0. The van der Waals surface area contributed by atoms with E-state index in [0.717, 1.165) is 45.4 Å². The van der Waals surface area contributed by atoms with Gasteiger partial charge in [-0.05, 0) is 75.9 Å². The van der Waals surface area contributed by atoms with Crippen molar-refractivity contribution in [2.45, 2.75) is 50.2 Å². The first-order chi connectivity index (χ1) is 12.2. The fraction of sp³-hybridized carbons (Fsp3) is 0.650. The second kappa shape index (κ2) is 7.04. The SMILES string of the molecule is O=C(c1ccc(F)cc1)N1CCC2(CC1)CC(N1CCCC1)CCO2. The number of nitrogens with zero attached hydrogens (tertiary/aromatic N) is 2. The van der Waals surface area contributed by atoms with Crippen molar-refractivity contribution in [2.75, 3.05) is 32.8 Å². The summed E-state index contributed by atoms with van der Waals surface area (Å²) in [5, 5.41) is 0. The molecule has 3 fully saturated rings. The zero-order valence-electron chi connectivity index (χ0n) is 14.8. The number of hydrogen-bond acceptors (Lipinski definition) is 3. The van der Waals surface area contributed by atoms with E-state index in [9.17, 15) is 9.18 Å². The molecule has 3 aliphatic rings. The number of piperidine rings is 1. The zero-order chi connectivity index (χ0) is 17.3. The molecule has 1 atom stereocenters. The molecule has 0 radical (unpaired) electrons. The molecule has 136 valence electrons. The number of ether oxygens (including phenoxy) is 1. The van der Waals surface area contributed by atoms with Gasteiger partial charge in [0.15, 0.2) is 0 Å². The van der Waals surface area contributed by atoms with Gasteiger partial charge in [-0.1, -0.05) is 0 Å². The first kappa shape index (κ1) is 17.0. The average molecular weight is 346 g/mol. The number of benzene rings is 1. The smallest absolute Gasteiger partial charge is 0.253 e. The Morgan fingerprint density at radius 1 is 1.08 bits per heavy atom. The molecule has 0 aliphatic carbocycles. The van der Waals surface area contributed by atoms with Gasteiger partial charge >= 0.3 is 0 Å². The Labute approximate surface area is 148 Å². The molecule has 0 bridgehead atoms. The minimum absolute atomic E-state index is 0.00162. The summed E-state index contributed by atoms with van der Waals surface area (Å²) in [6, 6.07) is 6.49. The number of rotatable bonds is 2. The lowest BCUT2D eigenvalue weighted by atomic mass is 9.81. The normalized spacial score (nSPS) is 26.9. The van der Waals surface area contributed by atoms with Crippen LogP contribution in [-0.4, -0.2) is 60.1 Å². The first-order valence-electron chi connectivity index (χ1n) is 9.58. The third-order valence-corrected chi connectivity index (χ3v) is 6.18. The van der Waals surface area contributed by atoms with Gasteiger partial charge in [0, 0.05) is 31.3 Å². The van der Waals surface area contributed by atoms with Gasteiger partial charge in [0.1, 0.15) is 5.82 Å². The summed E-state index contributed by atoms with van der Waals surface area (Å²) in [6.45, 7) is 4.75. The van der Waals surface area contributed by atoms with Crippen LogP contribution in [0, 0.1) is 5.82 Å². The highest BCUT2D eigenvalue weighted by atomic mass is 19.1. The quantitative estimate of drug-likeness (QED) is 0.825. The summed E-state index contributed by atoms with van der Waals surface area (Å²) in [6.07, 6.45) is 6.70. The maximum absolute atomic E-state index is 13.1. The molecule has 1 spiro atoms. The molecule has 0 aromatic heterocycles. The maximum atomic E-state index is 13.1. The van der Waals surface area contributed by atoms with Gasteiger partial charge in [-0.2, -0.15) is 0 Å². The summed E-state index contributed by atoms with van der Waals surface area (Å²) < 4.78 is 19.3. The van der Waals surface area contributed by atoms with Crippen LogP contribution in [0.25, 0.3) is 0 Å². The topological polar surface area (TPSA) is 32.8 Å². The van der Waals surface area contributed by atoms with Gasteiger partial charge in [0.05, 0.1) is 5.60 Å². The van der Waals surface area contributed by atoms with E-state index < -0.39 is 0 Å². The number of carbonyl (C=O) groups is 1. The third-order valence-electron chi connectivity index (χ3n) is 6.18. The van der Waals surface area contributed by atoms with Crippen LogP contribution < -0.4 is 0 Å². The van der Waals surface area contributed by atoms with Gasteiger partial charge in [-0.3, -0.25) is 4.79 Å². The van der Waals surface area contributed by atoms with E-state index in [2.05, 4.69) is 4.90 Å². The van der Waals surface area contributed by atoms with Crippen molar-refractivity contribution < 1.29 is 13.9 Å². The van der Waals surface area contributed by atoms with Gasteiger partial charge in [-0.25, -0.2) is 4.39 Å². The molecule has 1 unspecified atom stereocenters. The standard InChI is InChI=1S/C20H27FN2O2/c21-17-5-3-16(4-6-17)19(24)23-12-8-20(9-13-23)15-18(7-14-25-20)22-10-1-2-11-22/h3-6,18H,1-2,7-15H2. The average Bonchev–Trinajstić information content (AvgIpc) is 3.17. The number of halogens is 1. The molecule has 4 nitrogen and oxygen atoms in total. The number of amides is 1. The number of carbonyl (C=O) groups excluding carboxylic acids is 1. The van der Waals surface area contributed by atoms with Crippen LogP contribution in [0.1, 0.15) is 48.9 Å². The molecular weight excluding hydrogens is 319 g/mol. The molecule has 1 aromatic carbocycles. The summed E-state index contributed by atoms with van der Waals surface area (Å²) in [5.41, 5.74) is 0.516. The van der Waals surface area contributed by atoms with Gasteiger partial charge < -0.3 is 14.5 Å². The molecule has 1 aromatic rings. The van der Waals surface area contributed by atoms with E-state index in [-0.39, 0.29) is 17.3 Å². The predicted molar refractivity (Wildman–Crippen MR) is 94.0 cm³/mol. The van der Waals surface area contributed by atoms with Gasteiger partial charge in [0.25, 0.3) is 5.91 Å². The van der Waals surface area contributed by atoms with E-state index in [1.807, 2.05) is 4.90 Å². The zero-order valence-corrected chi connectivity index (χ0v) is 14.8. The largest absolute Gasteiger partial charge is 0.375 e. The van der Waals surface area contributed by atoms with Crippen molar-refractivity contribution in [1.82, 2.24) is 9.80 Å². The lowest BCUT2D eigenvalue weighted by Crippen LogP contribution is -2.54. The van der Waals surface area contributed by atoms with Gasteiger partial charge in [0.2, 0.25) is 0 Å². The Morgan fingerprint density at radius 3 is 2.44 bits per heavy atom. The number of hydrogen-bond donors (Lipinski definition) is 0. The Bertz CT molecular complexity index is 605. The first-order valence-corrected chi connectivity index (χ1v) is 9.58. The molecule has 4 rings (SSSR count). The lowest BCUT2D eigenvalue weighted by molar-refractivity contribution is -0.128. The van der Waals surface area contributed by atoms with E-state index in [1.54, 1.807) is 12.1 Å². The Balaban J connectivity index is 1.37. The summed E-state index contributed by atoms with van der Waals surface area (Å²) in [4.78, 5) is 17.1. The van der Waals surface area contributed by atoms with Crippen LogP contribution in [0.15, 0.2) is 24.3 Å². The Kier molecular flexibility index (Phi) is 4.78. The minimum Gasteiger partial charge on any atom is -0.375 e. The predicted octanol–water partition coefficient (Wildman–Crippen LogP) is 3.08. The van der Waals surface area contributed by atoms with E-state index >= 15 is 0 Å². The number of likely N-dealkylation sites (tertiary alicyclic amines) is 2. The molecule has 5 heteroatoms. The van der Waals surface area contributed by atoms with Crippen molar-refractivity contribution >= 4 is 5.91 Å². The van der Waals surface area contributed by atoms with E-state index in [4.69, 9.17) is 4.74 Å². The van der Waals surface area contributed by atoms with Crippen LogP contribution in [-0.2, 0) is 4.74 Å². The van der Waals surface area contributed by atoms with Crippen molar-refractivity contribution in [3.63, 3.8) is 0 Å². The highest BCUT2D eigenvalue weighted by Crippen LogP contribution is 2.37. The van der Waals surface area contributed by atoms with Gasteiger partial charge in [-0.15, -0.1) is 0 Å². The molecule has 0 saturated carbocycles. The highest BCUT2D eigenvalue weighted by molar-refractivity contribution is 5.94. The van der Waals surface area contributed by atoms with E-state index in [1.165, 1.54) is 38.1 Å². The molecule has 3 heterocycles. The van der Waals surface area contributed by atoms with Crippen molar-refractivity contribution in [2.24, 2.45) is 0 Å². The summed E-state index contributed by atoms with van der Waals surface area (Å²) in [5.74, 6) is -0.306. The Hall–Kier alpha value is -1.46. The van der Waals surface area contributed by atoms with Crippen LogP contribution in [0.3, 0.4) is 0 Å². The van der Waals surface area contributed by atoms with Crippen LogP contribution >= 0.6 is 0 Å². The summed E-state index contributed by atoms with van der Waals surface area (Å²) in [7, 11) is 0. The monoisotopic (exact) mass is 346 g/mol. The lowest BCUT2D eigenvalue weighted by Gasteiger charge is -2.48. The molecule has 3 aliphatic heterocycles. The molecule has 3 saturated heterocycles. The van der Waals surface area contributed by atoms with Crippen LogP contribution in [0.4, 0.5) is 4.39 Å².